The van der Waals surface area contributed by atoms with Crippen LogP contribution in [0.25, 0.3) is 33.1 Å². The highest BCUT2D eigenvalue weighted by Crippen LogP contribution is 2.30. The summed E-state index contributed by atoms with van der Waals surface area (Å²) in [4.78, 5) is 16.2. The average molecular weight is 370 g/mol. The van der Waals surface area contributed by atoms with Crippen LogP contribution in [0, 0.1) is 0 Å². The molecular weight excluding hydrogens is 356 g/mol. The van der Waals surface area contributed by atoms with E-state index in [1.54, 1.807) is 29.9 Å². The first-order valence-corrected chi connectivity index (χ1v) is 9.34. The summed E-state index contributed by atoms with van der Waals surface area (Å²) in [6.07, 6.45) is 5.25. The molecule has 0 aliphatic carbocycles. The molecule has 0 saturated carbocycles. The minimum Gasteiger partial charge on any atom is -0.494 e. The zero-order valence-electron chi connectivity index (χ0n) is 14.1. The maximum Gasteiger partial charge on any atom is 0.199 e. The molecular formula is C21H14N4OS. The molecule has 0 radical (unpaired) electrons. The summed E-state index contributed by atoms with van der Waals surface area (Å²) in [5, 5.41) is 16.3. The van der Waals surface area contributed by atoms with Gasteiger partial charge in [-0.3, -0.25) is 9.98 Å². The number of aliphatic imine (C=N–C) groups is 1. The highest BCUT2D eigenvalue weighted by molar-refractivity contribution is 7.08. The van der Waals surface area contributed by atoms with E-state index in [9.17, 15) is 5.11 Å². The van der Waals surface area contributed by atoms with E-state index in [-0.39, 0.29) is 5.88 Å². The van der Waals surface area contributed by atoms with E-state index >= 15 is 0 Å². The highest BCUT2D eigenvalue weighted by atomic mass is 32.1. The number of hydrogen-bond donors (Lipinski definition) is 2. The summed E-state index contributed by atoms with van der Waals surface area (Å²) in [7, 11) is 0. The van der Waals surface area contributed by atoms with Gasteiger partial charge in [0.2, 0.25) is 0 Å². The van der Waals surface area contributed by atoms with Gasteiger partial charge < -0.3 is 10.1 Å². The zero-order valence-corrected chi connectivity index (χ0v) is 14.9. The Morgan fingerprint density at radius 2 is 2.04 bits per heavy atom. The Labute approximate surface area is 158 Å². The summed E-state index contributed by atoms with van der Waals surface area (Å²) >= 11 is 1.64. The maximum atomic E-state index is 10.3. The highest BCUT2D eigenvalue weighted by Gasteiger charge is 2.11. The van der Waals surface area contributed by atoms with Gasteiger partial charge in [0.15, 0.2) is 5.88 Å². The molecule has 0 amide bonds. The number of rotatable bonds is 3. The largest absolute Gasteiger partial charge is 0.494 e. The van der Waals surface area contributed by atoms with E-state index in [0.29, 0.717) is 11.2 Å². The summed E-state index contributed by atoms with van der Waals surface area (Å²) in [5.41, 5.74) is 5.10. The Hall–Kier alpha value is -3.51. The van der Waals surface area contributed by atoms with Gasteiger partial charge in [-0.25, -0.2) is 4.98 Å². The Bertz CT molecular complexity index is 1290. The lowest BCUT2D eigenvalue weighted by Crippen LogP contribution is -1.83. The quantitative estimate of drug-likeness (QED) is 0.423. The minimum atomic E-state index is 0.0613. The number of aromatic nitrogens is 3. The number of fused-ring (bicyclic) bond motifs is 2. The van der Waals surface area contributed by atoms with Crippen LogP contribution in [-0.4, -0.2) is 26.3 Å². The van der Waals surface area contributed by atoms with Crippen molar-refractivity contribution in [2.45, 2.75) is 0 Å². The van der Waals surface area contributed by atoms with Gasteiger partial charge in [-0.05, 0) is 52.7 Å². The fraction of sp³-hybridized carbons (Fsp3) is 0. The maximum absolute atomic E-state index is 10.3. The van der Waals surface area contributed by atoms with Gasteiger partial charge in [-0.1, -0.05) is 6.07 Å². The molecule has 0 unspecified atom stereocenters. The normalized spacial score (nSPS) is 11.7. The van der Waals surface area contributed by atoms with Gasteiger partial charge >= 0.3 is 0 Å². The number of hydrogen-bond acceptors (Lipinski definition) is 5. The predicted octanol–water partition coefficient (Wildman–Crippen LogP) is 5.30. The van der Waals surface area contributed by atoms with Gasteiger partial charge in [-0.15, -0.1) is 0 Å². The monoisotopic (exact) mass is 370 g/mol. The molecule has 4 aromatic heterocycles. The first-order valence-electron chi connectivity index (χ1n) is 8.40. The topological polar surface area (TPSA) is 74.2 Å². The molecule has 0 saturated heterocycles. The molecule has 1 aromatic carbocycles. The van der Waals surface area contributed by atoms with Crippen LogP contribution in [-0.2, 0) is 0 Å². The van der Waals surface area contributed by atoms with E-state index in [4.69, 9.17) is 0 Å². The van der Waals surface area contributed by atoms with Crippen LogP contribution in [0.1, 0.15) is 5.56 Å². The number of aromatic amines is 1. The van der Waals surface area contributed by atoms with Crippen molar-refractivity contribution in [2.24, 2.45) is 4.99 Å². The van der Waals surface area contributed by atoms with Crippen molar-refractivity contribution in [3.63, 3.8) is 0 Å². The third-order valence-electron chi connectivity index (χ3n) is 4.45. The number of nitrogens with one attached hydrogen (secondary N) is 1. The summed E-state index contributed by atoms with van der Waals surface area (Å²) in [5.74, 6) is 0.0613. The third-order valence-corrected chi connectivity index (χ3v) is 5.14. The SMILES string of the molecule is Oc1[nH]c2ncc(-c3ccsc3)cc2c1C=Nc1ccc2ncccc2c1. The number of H-pyrrole nitrogens is 1. The molecule has 5 aromatic rings. The Kier molecular flexibility index (Phi) is 3.69. The molecule has 130 valence electrons. The standard InChI is InChI=1S/C21H14N4OS/c26-21-18(11-23-16-3-4-19-13(8-16)2-1-6-22-19)17-9-15(10-24-20(17)25-21)14-5-7-27-12-14/h1-12,26H,(H,24,25). The zero-order chi connectivity index (χ0) is 18.2. The van der Waals surface area contributed by atoms with Crippen LogP contribution in [0.15, 0.2) is 70.6 Å². The number of benzene rings is 1. The van der Waals surface area contributed by atoms with Crippen molar-refractivity contribution >= 4 is 45.2 Å². The van der Waals surface area contributed by atoms with Gasteiger partial charge in [0.25, 0.3) is 0 Å². The Morgan fingerprint density at radius 1 is 1.07 bits per heavy atom. The molecule has 0 atom stereocenters. The number of thiophene rings is 1. The van der Waals surface area contributed by atoms with Gasteiger partial charge in [-0.2, -0.15) is 11.3 Å². The summed E-state index contributed by atoms with van der Waals surface area (Å²) < 4.78 is 0. The molecule has 6 heteroatoms. The fourth-order valence-corrected chi connectivity index (χ4v) is 3.74. The molecule has 0 spiro atoms. The predicted molar refractivity (Wildman–Crippen MR) is 110 cm³/mol. The minimum absolute atomic E-state index is 0.0613. The van der Waals surface area contributed by atoms with Crippen LogP contribution in [0.2, 0.25) is 0 Å². The van der Waals surface area contributed by atoms with Crippen molar-refractivity contribution in [3.8, 4) is 17.0 Å². The molecule has 0 aliphatic heterocycles. The van der Waals surface area contributed by atoms with Crippen LogP contribution in [0.3, 0.4) is 0 Å². The number of pyridine rings is 2. The smallest absolute Gasteiger partial charge is 0.199 e. The molecule has 5 rings (SSSR count). The molecule has 5 nitrogen and oxygen atoms in total. The fourth-order valence-electron chi connectivity index (χ4n) is 3.08. The molecule has 0 aliphatic rings. The van der Waals surface area contributed by atoms with Gasteiger partial charge in [0, 0.05) is 34.9 Å². The first-order chi connectivity index (χ1) is 13.3. The molecule has 2 N–H and O–H groups in total. The van der Waals surface area contributed by atoms with Crippen molar-refractivity contribution in [1.29, 1.82) is 0 Å². The lowest BCUT2D eigenvalue weighted by Gasteiger charge is -1.99. The van der Waals surface area contributed by atoms with E-state index < -0.39 is 0 Å². The lowest BCUT2D eigenvalue weighted by atomic mass is 10.1. The van der Waals surface area contributed by atoms with Gasteiger partial charge in [0.05, 0.1) is 16.8 Å². The van der Waals surface area contributed by atoms with E-state index in [2.05, 4.69) is 31.4 Å². The summed E-state index contributed by atoms with van der Waals surface area (Å²) in [6, 6.07) is 13.8. The van der Waals surface area contributed by atoms with Crippen LogP contribution in [0.5, 0.6) is 5.88 Å². The molecule has 0 bridgehead atoms. The van der Waals surface area contributed by atoms with Crippen molar-refractivity contribution in [1.82, 2.24) is 15.0 Å². The van der Waals surface area contributed by atoms with Crippen LogP contribution in [0.4, 0.5) is 5.69 Å². The Morgan fingerprint density at radius 3 is 2.93 bits per heavy atom. The van der Waals surface area contributed by atoms with Crippen molar-refractivity contribution in [3.05, 3.63) is 71.2 Å². The second-order valence-corrected chi connectivity index (χ2v) is 6.94. The van der Waals surface area contributed by atoms with E-state index in [0.717, 1.165) is 33.1 Å². The number of aromatic hydroxyl groups is 1. The van der Waals surface area contributed by atoms with E-state index in [1.165, 1.54) is 0 Å². The van der Waals surface area contributed by atoms with Crippen LogP contribution >= 0.6 is 11.3 Å². The van der Waals surface area contributed by atoms with Crippen molar-refractivity contribution in [2.75, 3.05) is 0 Å². The van der Waals surface area contributed by atoms with Crippen molar-refractivity contribution < 1.29 is 5.11 Å². The molecule has 27 heavy (non-hydrogen) atoms. The molecule has 0 fully saturated rings. The first kappa shape index (κ1) is 15.7. The van der Waals surface area contributed by atoms with Gasteiger partial charge in [0.1, 0.15) is 5.65 Å². The number of nitrogens with zero attached hydrogens (tertiary/aromatic N) is 3. The second kappa shape index (κ2) is 6.34. The third kappa shape index (κ3) is 2.86. The van der Waals surface area contributed by atoms with E-state index in [1.807, 2.05) is 41.8 Å². The lowest BCUT2D eigenvalue weighted by molar-refractivity contribution is 0.457. The second-order valence-electron chi connectivity index (χ2n) is 6.16. The molecule has 4 heterocycles. The Balaban J connectivity index is 1.57. The van der Waals surface area contributed by atoms with Crippen LogP contribution < -0.4 is 0 Å². The average Bonchev–Trinajstić information content (AvgIpc) is 3.33. The summed E-state index contributed by atoms with van der Waals surface area (Å²) in [6.45, 7) is 0.